The molecule has 2 fully saturated rings. The van der Waals surface area contributed by atoms with Gasteiger partial charge in [0.05, 0.1) is 30.3 Å². The Morgan fingerprint density at radius 1 is 1.03 bits per heavy atom. The molecule has 32 heavy (non-hydrogen) atoms. The van der Waals surface area contributed by atoms with Gasteiger partial charge in [0.2, 0.25) is 12.3 Å². The summed E-state index contributed by atoms with van der Waals surface area (Å²) in [7, 11) is 0. The molecule has 2 aromatic carbocycles. The lowest BCUT2D eigenvalue weighted by Crippen LogP contribution is -2.80. The molecule has 164 valence electrons. The number of hydrogen-bond acceptors (Lipinski definition) is 4. The van der Waals surface area contributed by atoms with Gasteiger partial charge < -0.3 is 14.7 Å². The van der Waals surface area contributed by atoms with Crippen molar-refractivity contribution in [3.8, 4) is 6.07 Å². The number of amides is 3. The summed E-state index contributed by atoms with van der Waals surface area (Å²) in [6, 6.07) is 12.6. The molecule has 0 saturated carbocycles. The second-order valence-corrected chi connectivity index (χ2v) is 7.77. The van der Waals surface area contributed by atoms with Gasteiger partial charge in [-0.15, -0.1) is 0 Å². The fraction of sp³-hybridized carbons (Fsp3) is 0.273. The molecule has 0 unspecified atom stereocenters. The first-order valence-electron chi connectivity index (χ1n) is 9.66. The first-order valence-corrected chi connectivity index (χ1v) is 9.66. The van der Waals surface area contributed by atoms with Crippen molar-refractivity contribution < 1.29 is 27.6 Å². The number of anilines is 1. The van der Waals surface area contributed by atoms with E-state index >= 15 is 0 Å². The smallest absolute Gasteiger partial charge is 0.339 e. The Hall–Kier alpha value is -3.87. The number of likely N-dealkylation sites (tertiary alicyclic amines) is 1. The van der Waals surface area contributed by atoms with Crippen LogP contribution in [-0.4, -0.2) is 53.2 Å². The highest BCUT2D eigenvalue weighted by Gasteiger charge is 2.59. The number of piperazine rings is 1. The van der Waals surface area contributed by atoms with Gasteiger partial charge in [0, 0.05) is 12.2 Å². The molecule has 1 spiro atoms. The summed E-state index contributed by atoms with van der Waals surface area (Å²) in [6.45, 7) is -0.326. The molecule has 3 amide bonds. The van der Waals surface area contributed by atoms with Gasteiger partial charge in [0.1, 0.15) is 6.54 Å². The topological polar surface area (TPSA) is 84.7 Å². The van der Waals surface area contributed by atoms with E-state index in [1.807, 2.05) is 6.07 Å². The Labute approximate surface area is 181 Å². The zero-order valence-corrected chi connectivity index (χ0v) is 16.7. The predicted octanol–water partition coefficient (Wildman–Crippen LogP) is 2.16. The van der Waals surface area contributed by atoms with E-state index in [9.17, 15) is 27.6 Å². The molecular weight excluding hydrogens is 425 g/mol. The maximum Gasteiger partial charge on any atom is 0.416 e. The molecule has 0 aliphatic carbocycles. The summed E-state index contributed by atoms with van der Waals surface area (Å²) in [6.07, 6.45) is -3.89. The summed E-state index contributed by atoms with van der Waals surface area (Å²) < 4.78 is 38.5. The second-order valence-electron chi connectivity index (χ2n) is 7.77. The average Bonchev–Trinajstić information content (AvgIpc) is 2.75. The molecule has 2 heterocycles. The number of benzene rings is 2. The molecule has 7 nitrogen and oxygen atoms in total. The van der Waals surface area contributed by atoms with Gasteiger partial charge in [-0.3, -0.25) is 14.4 Å². The lowest BCUT2D eigenvalue weighted by molar-refractivity contribution is -0.166. The van der Waals surface area contributed by atoms with E-state index in [0.29, 0.717) is 23.2 Å². The number of alkyl halides is 3. The van der Waals surface area contributed by atoms with E-state index in [2.05, 4.69) is 0 Å². The summed E-state index contributed by atoms with van der Waals surface area (Å²) >= 11 is 0. The third-order valence-corrected chi connectivity index (χ3v) is 5.76. The van der Waals surface area contributed by atoms with Gasteiger partial charge in [-0.25, -0.2) is 0 Å². The number of carbonyl (C=O) groups excluding carboxylic acids is 3. The maximum absolute atomic E-state index is 13.5. The Morgan fingerprint density at radius 2 is 1.66 bits per heavy atom. The van der Waals surface area contributed by atoms with Crippen molar-refractivity contribution in [2.24, 2.45) is 0 Å². The molecule has 2 aliphatic heterocycles. The standard InChI is InChI=1S/C22H17F3N4O3/c23-22(24,25)17-5-1-16(2-6-17)10-29-19(31)11-28(18-7-3-15(9-26)4-8-18)20(32)21(29)12-27(13-21)14-30/h1-8,14H,10-13H2. The Morgan fingerprint density at radius 3 is 2.19 bits per heavy atom. The lowest BCUT2D eigenvalue weighted by Gasteiger charge is -2.57. The maximum atomic E-state index is 13.5. The zero-order chi connectivity index (χ0) is 23.1. The number of rotatable bonds is 4. The van der Waals surface area contributed by atoms with Crippen LogP contribution in [0.15, 0.2) is 48.5 Å². The van der Waals surface area contributed by atoms with Crippen LogP contribution in [0.2, 0.25) is 0 Å². The van der Waals surface area contributed by atoms with E-state index in [-0.39, 0.29) is 38.0 Å². The van der Waals surface area contributed by atoms with Crippen molar-refractivity contribution in [3.05, 3.63) is 65.2 Å². The van der Waals surface area contributed by atoms with Gasteiger partial charge in [-0.05, 0) is 42.0 Å². The average molecular weight is 442 g/mol. The van der Waals surface area contributed by atoms with Gasteiger partial charge in [-0.2, -0.15) is 18.4 Å². The first kappa shape index (κ1) is 21.4. The minimum absolute atomic E-state index is 0.00547. The van der Waals surface area contributed by atoms with Crippen LogP contribution in [0.3, 0.4) is 0 Å². The van der Waals surface area contributed by atoms with Crippen molar-refractivity contribution in [3.63, 3.8) is 0 Å². The molecule has 0 bridgehead atoms. The van der Waals surface area contributed by atoms with E-state index in [0.717, 1.165) is 12.1 Å². The molecule has 0 atom stereocenters. The molecule has 0 aromatic heterocycles. The normalized spacial score (nSPS) is 17.9. The largest absolute Gasteiger partial charge is 0.416 e. The number of hydrogen-bond donors (Lipinski definition) is 0. The van der Waals surface area contributed by atoms with E-state index < -0.39 is 17.3 Å². The highest BCUT2D eigenvalue weighted by Crippen LogP contribution is 2.36. The number of halogens is 3. The predicted molar refractivity (Wildman–Crippen MR) is 106 cm³/mol. The van der Waals surface area contributed by atoms with E-state index in [1.54, 1.807) is 12.1 Å². The van der Waals surface area contributed by atoms with Gasteiger partial charge in [0.25, 0.3) is 5.91 Å². The van der Waals surface area contributed by atoms with E-state index in [1.165, 1.54) is 39.0 Å². The van der Waals surface area contributed by atoms with Crippen molar-refractivity contribution in [1.82, 2.24) is 9.80 Å². The highest BCUT2D eigenvalue weighted by atomic mass is 19.4. The van der Waals surface area contributed by atoms with Gasteiger partial charge in [0.15, 0.2) is 5.54 Å². The van der Waals surface area contributed by atoms with Gasteiger partial charge >= 0.3 is 6.18 Å². The second kappa shape index (κ2) is 7.67. The number of nitrogens with zero attached hydrogens (tertiary/aromatic N) is 4. The fourth-order valence-corrected chi connectivity index (χ4v) is 4.05. The zero-order valence-electron chi connectivity index (χ0n) is 16.7. The lowest BCUT2D eigenvalue weighted by atomic mass is 9.83. The van der Waals surface area contributed by atoms with Crippen molar-refractivity contribution in [2.75, 3.05) is 24.5 Å². The Kier molecular flexibility index (Phi) is 5.12. The van der Waals surface area contributed by atoms with Crippen LogP contribution < -0.4 is 4.90 Å². The van der Waals surface area contributed by atoms with Crippen molar-refractivity contribution in [2.45, 2.75) is 18.3 Å². The SMILES string of the molecule is N#Cc1ccc(N2CC(=O)N(Cc3ccc(C(F)(F)F)cc3)C3(CN(C=O)C3)C2=O)cc1. The molecule has 0 N–H and O–H groups in total. The van der Waals surface area contributed by atoms with Crippen molar-refractivity contribution >= 4 is 23.9 Å². The van der Waals surface area contributed by atoms with Crippen LogP contribution in [0.1, 0.15) is 16.7 Å². The molecule has 0 radical (unpaired) electrons. The molecule has 4 rings (SSSR count). The van der Waals surface area contributed by atoms with Crippen LogP contribution in [0.25, 0.3) is 0 Å². The van der Waals surface area contributed by atoms with Crippen molar-refractivity contribution in [1.29, 1.82) is 5.26 Å². The van der Waals surface area contributed by atoms with Crippen LogP contribution in [0.4, 0.5) is 18.9 Å². The van der Waals surface area contributed by atoms with Crippen LogP contribution >= 0.6 is 0 Å². The van der Waals surface area contributed by atoms with Crippen LogP contribution in [0.5, 0.6) is 0 Å². The van der Waals surface area contributed by atoms with E-state index in [4.69, 9.17) is 5.26 Å². The third-order valence-electron chi connectivity index (χ3n) is 5.76. The van der Waals surface area contributed by atoms with Crippen LogP contribution in [-0.2, 0) is 27.1 Å². The first-order chi connectivity index (χ1) is 15.2. The third kappa shape index (κ3) is 3.56. The minimum Gasteiger partial charge on any atom is -0.339 e. The summed E-state index contributed by atoms with van der Waals surface area (Å²) in [5.41, 5.74) is -0.818. The Bertz CT molecular complexity index is 1100. The molecule has 2 aliphatic rings. The molecule has 10 heteroatoms. The number of carbonyl (C=O) groups is 3. The summed E-state index contributed by atoms with van der Waals surface area (Å²) in [4.78, 5) is 41.7. The fourth-order valence-electron chi connectivity index (χ4n) is 4.05. The summed E-state index contributed by atoms with van der Waals surface area (Å²) in [5, 5.41) is 8.96. The Balaban J connectivity index is 1.63. The number of nitriles is 1. The quantitative estimate of drug-likeness (QED) is 0.680. The molecular formula is C22H17F3N4O3. The summed E-state index contributed by atoms with van der Waals surface area (Å²) in [5.74, 6) is -0.772. The van der Waals surface area contributed by atoms with Gasteiger partial charge in [-0.1, -0.05) is 12.1 Å². The monoisotopic (exact) mass is 442 g/mol. The molecule has 2 saturated heterocycles. The van der Waals surface area contributed by atoms with Crippen LogP contribution in [0, 0.1) is 11.3 Å². The molecule has 2 aromatic rings. The highest BCUT2D eigenvalue weighted by molar-refractivity contribution is 6.10. The minimum atomic E-state index is -4.48.